The smallest absolute Gasteiger partial charge is 0.483 e. The molecule has 0 atom stereocenters. The second-order valence-electron chi connectivity index (χ2n) is 7.39. The van der Waals surface area contributed by atoms with E-state index in [0.29, 0.717) is 0 Å². The minimum atomic E-state index is -3.13. The normalized spacial score (nSPS) is 11.2. The quantitative estimate of drug-likeness (QED) is 0.362. The van der Waals surface area contributed by atoms with Crippen LogP contribution in [0.25, 0.3) is 0 Å². The predicted molar refractivity (Wildman–Crippen MR) is 121 cm³/mol. The van der Waals surface area contributed by atoms with Crippen molar-refractivity contribution in [2.75, 3.05) is 0 Å². The zero-order valence-corrected chi connectivity index (χ0v) is 18.8. The van der Waals surface area contributed by atoms with Crippen LogP contribution in [0.1, 0.15) is 36.5 Å². The molecule has 29 heavy (non-hydrogen) atoms. The van der Waals surface area contributed by atoms with Gasteiger partial charge in [0.2, 0.25) is 0 Å². The van der Waals surface area contributed by atoms with Gasteiger partial charge in [-0.05, 0) is 62.1 Å². The number of hydrogen-bond acceptors (Lipinski definition) is 3. The van der Waals surface area contributed by atoms with Gasteiger partial charge in [0.25, 0.3) is 0 Å². The van der Waals surface area contributed by atoms with E-state index in [2.05, 4.69) is 45.9 Å². The second-order valence-corrected chi connectivity index (χ2v) is 9.87. The summed E-state index contributed by atoms with van der Waals surface area (Å²) < 4.78 is 19.9. The monoisotopic (exact) mass is 406 g/mol. The van der Waals surface area contributed by atoms with E-state index in [-0.39, 0.29) is 0 Å². The molecule has 0 aromatic heterocycles. The molecule has 0 fully saturated rings. The molecule has 3 rings (SSSR count). The highest BCUT2D eigenvalue weighted by Crippen LogP contribution is 2.31. The van der Waals surface area contributed by atoms with Crippen molar-refractivity contribution in [2.24, 2.45) is 0 Å². The fourth-order valence-corrected chi connectivity index (χ4v) is 6.03. The minimum absolute atomic E-state index is 0.737. The number of unbranched alkanes of at least 4 members (excludes halogenated alkanes) is 1. The van der Waals surface area contributed by atoms with Crippen molar-refractivity contribution in [1.82, 2.24) is 0 Å². The molecule has 4 heteroatoms. The van der Waals surface area contributed by atoms with Crippen LogP contribution in [0.2, 0.25) is 6.04 Å². The molecule has 0 amide bonds. The largest absolute Gasteiger partial charge is 0.699 e. The van der Waals surface area contributed by atoms with Gasteiger partial charge < -0.3 is 13.3 Å². The van der Waals surface area contributed by atoms with E-state index in [0.717, 1.165) is 52.8 Å². The molecule has 0 aliphatic rings. The zero-order chi connectivity index (χ0) is 20.7. The highest BCUT2D eigenvalue weighted by atomic mass is 28.4. The summed E-state index contributed by atoms with van der Waals surface area (Å²) in [6, 6.07) is 24.9. The number of rotatable bonds is 9. The molecule has 0 aliphatic heterocycles. The molecule has 0 radical (unpaired) electrons. The first-order chi connectivity index (χ1) is 14.0. The Morgan fingerprint density at radius 1 is 0.586 bits per heavy atom. The van der Waals surface area contributed by atoms with E-state index in [1.165, 1.54) is 0 Å². The van der Waals surface area contributed by atoms with Crippen LogP contribution in [-0.2, 0) is 0 Å². The number of hydrogen-bond donors (Lipinski definition) is 0. The Morgan fingerprint density at radius 2 is 0.931 bits per heavy atom. The number of aryl methyl sites for hydroxylation is 3. The maximum atomic E-state index is 6.65. The third kappa shape index (κ3) is 5.42. The van der Waals surface area contributed by atoms with E-state index in [1.54, 1.807) is 0 Å². The zero-order valence-electron chi connectivity index (χ0n) is 17.8. The molecule has 0 aliphatic carbocycles. The Kier molecular flexibility index (Phi) is 6.99. The topological polar surface area (TPSA) is 27.7 Å². The van der Waals surface area contributed by atoms with Crippen molar-refractivity contribution in [2.45, 2.75) is 46.6 Å². The van der Waals surface area contributed by atoms with Crippen LogP contribution >= 0.6 is 0 Å². The molecule has 0 N–H and O–H groups in total. The van der Waals surface area contributed by atoms with Gasteiger partial charge >= 0.3 is 8.80 Å². The Balaban J connectivity index is 2.05. The Bertz CT molecular complexity index is 823. The van der Waals surface area contributed by atoms with Crippen molar-refractivity contribution in [3.8, 4) is 17.2 Å². The minimum Gasteiger partial charge on any atom is -0.483 e. The summed E-state index contributed by atoms with van der Waals surface area (Å²) in [5.74, 6) is 2.45. The van der Waals surface area contributed by atoms with Crippen molar-refractivity contribution in [1.29, 1.82) is 0 Å². The highest BCUT2D eigenvalue weighted by molar-refractivity contribution is 6.63. The molecule has 0 unspecified atom stereocenters. The number of benzene rings is 3. The van der Waals surface area contributed by atoms with Gasteiger partial charge in [-0.2, -0.15) is 0 Å². The summed E-state index contributed by atoms with van der Waals surface area (Å²) in [6.45, 7) is 8.33. The first-order valence-electron chi connectivity index (χ1n) is 10.3. The second kappa shape index (κ2) is 9.66. The van der Waals surface area contributed by atoms with Crippen LogP contribution in [0.3, 0.4) is 0 Å². The van der Waals surface area contributed by atoms with Crippen LogP contribution in [0.4, 0.5) is 0 Å². The molecule has 3 aromatic carbocycles. The molecule has 0 saturated heterocycles. The first-order valence-corrected chi connectivity index (χ1v) is 12.2. The third-order valence-corrected chi connectivity index (χ3v) is 7.47. The van der Waals surface area contributed by atoms with Crippen LogP contribution in [0.15, 0.2) is 72.8 Å². The lowest BCUT2D eigenvalue weighted by Crippen LogP contribution is -2.55. The fourth-order valence-electron chi connectivity index (χ4n) is 3.12. The van der Waals surface area contributed by atoms with Crippen LogP contribution in [0.5, 0.6) is 17.2 Å². The van der Waals surface area contributed by atoms with E-state index in [1.807, 2.05) is 54.6 Å². The van der Waals surface area contributed by atoms with Gasteiger partial charge in [-0.1, -0.05) is 67.9 Å². The standard InChI is InChI=1S/C25H30O3Si/c1-5-6-19-29(26-23-16-10-7-13-20(23)2,27-24-17-11-8-14-21(24)3)28-25-18-12-9-15-22(25)4/h7-18H,5-6,19H2,1-4H3. The van der Waals surface area contributed by atoms with Crippen molar-refractivity contribution in [3.63, 3.8) is 0 Å². The molecule has 0 spiro atoms. The van der Waals surface area contributed by atoms with E-state index in [4.69, 9.17) is 13.3 Å². The lowest BCUT2D eigenvalue weighted by molar-refractivity contribution is 0.256. The van der Waals surface area contributed by atoms with Gasteiger partial charge in [0.1, 0.15) is 17.2 Å². The summed E-state index contributed by atoms with van der Waals surface area (Å²) in [6.07, 6.45) is 2.01. The SMILES string of the molecule is CCCC[Si](Oc1ccccc1C)(Oc1ccccc1C)Oc1ccccc1C. The molecular weight excluding hydrogens is 376 g/mol. The highest BCUT2D eigenvalue weighted by Gasteiger charge is 2.49. The molecule has 0 bridgehead atoms. The molecule has 0 heterocycles. The van der Waals surface area contributed by atoms with E-state index < -0.39 is 8.80 Å². The molecule has 3 nitrogen and oxygen atoms in total. The summed E-state index contributed by atoms with van der Waals surface area (Å²) in [5.41, 5.74) is 3.22. The first kappa shape index (κ1) is 21.0. The fraction of sp³-hybridized carbons (Fsp3) is 0.280. The lowest BCUT2D eigenvalue weighted by atomic mass is 10.2. The summed E-state index contributed by atoms with van der Waals surface area (Å²) in [4.78, 5) is 0. The van der Waals surface area contributed by atoms with E-state index >= 15 is 0 Å². The van der Waals surface area contributed by atoms with Gasteiger partial charge in [-0.3, -0.25) is 0 Å². The van der Waals surface area contributed by atoms with Crippen LogP contribution in [-0.4, -0.2) is 8.80 Å². The summed E-state index contributed by atoms with van der Waals surface area (Å²) in [7, 11) is -3.13. The maximum absolute atomic E-state index is 6.65. The average molecular weight is 407 g/mol. The Morgan fingerprint density at radius 3 is 1.24 bits per heavy atom. The van der Waals surface area contributed by atoms with Gasteiger partial charge in [-0.25, -0.2) is 0 Å². The lowest BCUT2D eigenvalue weighted by Gasteiger charge is -2.32. The molecule has 152 valence electrons. The maximum Gasteiger partial charge on any atom is 0.699 e. The van der Waals surface area contributed by atoms with Gasteiger partial charge in [0.15, 0.2) is 0 Å². The van der Waals surface area contributed by atoms with Gasteiger partial charge in [0.05, 0.1) is 6.04 Å². The molecular formula is C25H30O3Si. The molecule has 3 aromatic rings. The van der Waals surface area contributed by atoms with Gasteiger partial charge in [-0.15, -0.1) is 0 Å². The van der Waals surface area contributed by atoms with E-state index in [9.17, 15) is 0 Å². The van der Waals surface area contributed by atoms with Crippen LogP contribution in [0, 0.1) is 20.8 Å². The van der Waals surface area contributed by atoms with Crippen molar-refractivity contribution in [3.05, 3.63) is 89.5 Å². The Labute approximate surface area is 175 Å². The Hall–Kier alpha value is -2.72. The summed E-state index contributed by atoms with van der Waals surface area (Å²) in [5, 5.41) is 0. The van der Waals surface area contributed by atoms with Gasteiger partial charge in [0, 0.05) is 0 Å². The van der Waals surface area contributed by atoms with Crippen molar-refractivity contribution < 1.29 is 13.3 Å². The third-order valence-electron chi connectivity index (χ3n) is 4.91. The predicted octanol–water partition coefficient (Wildman–Crippen LogP) is 6.89. The summed E-state index contributed by atoms with van der Waals surface area (Å²) >= 11 is 0. The number of para-hydroxylation sites is 3. The van der Waals surface area contributed by atoms with Crippen molar-refractivity contribution >= 4 is 8.80 Å². The average Bonchev–Trinajstić information content (AvgIpc) is 2.72. The molecule has 0 saturated carbocycles. The van der Waals surface area contributed by atoms with Crippen LogP contribution < -0.4 is 13.3 Å².